The molecule has 1 fully saturated rings. The van der Waals surface area contributed by atoms with Gasteiger partial charge in [0.1, 0.15) is 5.41 Å². The Morgan fingerprint density at radius 3 is 2.15 bits per heavy atom. The van der Waals surface area contributed by atoms with Crippen molar-refractivity contribution in [3.05, 3.63) is 0 Å². The number of carbonyl (C=O) groups excluding carboxylic acids is 2. The van der Waals surface area contributed by atoms with Gasteiger partial charge in [-0.1, -0.05) is 25.7 Å². The monoisotopic (exact) mass is 279 g/mol. The topological polar surface area (TPSA) is 73.2 Å². The van der Waals surface area contributed by atoms with Gasteiger partial charge in [0.25, 0.3) is 0 Å². The van der Waals surface area contributed by atoms with Crippen LogP contribution in [-0.2, 0) is 9.59 Å². The van der Waals surface area contributed by atoms with Crippen LogP contribution in [0.25, 0.3) is 0 Å². The van der Waals surface area contributed by atoms with E-state index >= 15 is 0 Å². The first-order valence-corrected chi connectivity index (χ1v) is 7.57. The lowest BCUT2D eigenvalue weighted by Gasteiger charge is -2.24. The summed E-state index contributed by atoms with van der Waals surface area (Å²) in [4.78, 5) is 25.9. The second kappa shape index (κ2) is 7.88. The molecule has 0 aliphatic heterocycles. The van der Waals surface area contributed by atoms with E-state index in [2.05, 4.69) is 11.4 Å². The number of hydrogen-bond acceptors (Lipinski definition) is 3. The largest absolute Gasteiger partial charge is 0.346 e. The molecule has 2 amide bonds. The summed E-state index contributed by atoms with van der Waals surface area (Å²) in [6.45, 7) is 5.07. The van der Waals surface area contributed by atoms with Crippen molar-refractivity contribution in [3.63, 3.8) is 0 Å². The van der Waals surface area contributed by atoms with E-state index in [-0.39, 0.29) is 18.4 Å². The van der Waals surface area contributed by atoms with Gasteiger partial charge in [-0.2, -0.15) is 5.26 Å². The lowest BCUT2D eigenvalue weighted by Crippen LogP contribution is -2.45. The minimum atomic E-state index is -0.931. The molecule has 0 radical (unpaired) electrons. The van der Waals surface area contributed by atoms with E-state index in [1.54, 1.807) is 4.90 Å². The number of nitrogens with one attached hydrogen (secondary N) is 1. The summed E-state index contributed by atoms with van der Waals surface area (Å²) in [5.74, 6) is -0.368. The maximum Gasteiger partial charge on any atom is 0.241 e. The average molecular weight is 279 g/mol. The Labute approximate surface area is 121 Å². The van der Waals surface area contributed by atoms with Crippen molar-refractivity contribution in [1.29, 1.82) is 5.26 Å². The Balaban J connectivity index is 2.60. The average Bonchev–Trinajstić information content (AvgIpc) is 2.72. The van der Waals surface area contributed by atoms with E-state index in [4.69, 9.17) is 0 Å². The van der Waals surface area contributed by atoms with Crippen molar-refractivity contribution in [2.75, 3.05) is 19.6 Å². The van der Waals surface area contributed by atoms with Crippen LogP contribution in [0.4, 0.5) is 0 Å². The van der Waals surface area contributed by atoms with Crippen molar-refractivity contribution >= 4 is 11.8 Å². The Bertz CT molecular complexity index is 375. The molecule has 20 heavy (non-hydrogen) atoms. The molecule has 112 valence electrons. The van der Waals surface area contributed by atoms with Crippen molar-refractivity contribution in [1.82, 2.24) is 10.2 Å². The smallest absolute Gasteiger partial charge is 0.241 e. The van der Waals surface area contributed by atoms with Crippen LogP contribution in [0.3, 0.4) is 0 Å². The molecule has 0 aromatic heterocycles. The molecule has 1 aliphatic carbocycles. The van der Waals surface area contributed by atoms with Crippen molar-refractivity contribution < 1.29 is 9.59 Å². The lowest BCUT2D eigenvalue weighted by molar-refractivity contribution is -0.135. The molecule has 1 rings (SSSR count). The molecular weight excluding hydrogens is 254 g/mol. The van der Waals surface area contributed by atoms with Gasteiger partial charge >= 0.3 is 0 Å². The van der Waals surface area contributed by atoms with Gasteiger partial charge in [-0.25, -0.2) is 0 Å². The Hall–Kier alpha value is -1.57. The van der Waals surface area contributed by atoms with Crippen LogP contribution in [0, 0.1) is 16.7 Å². The molecular formula is C15H25N3O2. The fraction of sp³-hybridized carbons (Fsp3) is 0.800. The zero-order chi connectivity index (χ0) is 15.0. The number of likely N-dealkylation sites (N-methyl/N-ethyl adjacent to an activating group) is 1. The highest BCUT2D eigenvalue weighted by Gasteiger charge is 2.38. The molecule has 0 heterocycles. The quantitative estimate of drug-likeness (QED) is 0.780. The van der Waals surface area contributed by atoms with Gasteiger partial charge in [0.05, 0.1) is 12.6 Å². The lowest BCUT2D eigenvalue weighted by atomic mass is 9.81. The van der Waals surface area contributed by atoms with Gasteiger partial charge in [-0.15, -0.1) is 0 Å². The zero-order valence-corrected chi connectivity index (χ0v) is 12.6. The van der Waals surface area contributed by atoms with E-state index in [1.807, 2.05) is 13.8 Å². The number of hydrogen-bond donors (Lipinski definition) is 1. The first kappa shape index (κ1) is 16.5. The molecule has 1 saturated carbocycles. The van der Waals surface area contributed by atoms with Gasteiger partial charge in [0.15, 0.2) is 0 Å². The summed E-state index contributed by atoms with van der Waals surface area (Å²) in [6.07, 6.45) is 5.18. The predicted octanol–water partition coefficient (Wildman–Crippen LogP) is 1.84. The van der Waals surface area contributed by atoms with Crippen LogP contribution >= 0.6 is 0 Å². The Kier molecular flexibility index (Phi) is 6.50. The van der Waals surface area contributed by atoms with Crippen molar-refractivity contribution in [3.8, 4) is 6.07 Å². The third-order valence-corrected chi connectivity index (χ3v) is 4.12. The standard InChI is InChI=1S/C15H25N3O2/c1-3-18(4-2)13(19)11-17-14(20)15(12-16)9-7-5-6-8-10-15/h3-11H2,1-2H3,(H,17,20). The van der Waals surface area contributed by atoms with Gasteiger partial charge in [0, 0.05) is 13.1 Å². The highest BCUT2D eigenvalue weighted by Crippen LogP contribution is 2.34. The van der Waals surface area contributed by atoms with Crippen LogP contribution in [-0.4, -0.2) is 36.3 Å². The van der Waals surface area contributed by atoms with Crippen molar-refractivity contribution in [2.45, 2.75) is 52.4 Å². The highest BCUT2D eigenvalue weighted by molar-refractivity contribution is 5.89. The molecule has 0 aromatic carbocycles. The molecule has 0 spiro atoms. The summed E-state index contributed by atoms with van der Waals surface area (Å²) in [5.41, 5.74) is -0.931. The second-order valence-electron chi connectivity index (χ2n) is 5.36. The molecule has 1 N–H and O–H groups in total. The Morgan fingerprint density at radius 1 is 1.15 bits per heavy atom. The maximum atomic E-state index is 12.3. The fourth-order valence-corrected chi connectivity index (χ4v) is 2.73. The zero-order valence-electron chi connectivity index (χ0n) is 12.6. The number of nitrogens with zero attached hydrogens (tertiary/aromatic N) is 2. The number of nitriles is 1. The van der Waals surface area contributed by atoms with Crippen LogP contribution in [0.15, 0.2) is 0 Å². The molecule has 5 heteroatoms. The second-order valence-corrected chi connectivity index (χ2v) is 5.36. The summed E-state index contributed by atoms with van der Waals surface area (Å²) in [5, 5.41) is 12.1. The molecule has 0 atom stereocenters. The number of rotatable bonds is 5. The maximum absolute atomic E-state index is 12.3. The molecule has 0 saturated heterocycles. The van der Waals surface area contributed by atoms with Crippen LogP contribution in [0.2, 0.25) is 0 Å². The van der Waals surface area contributed by atoms with E-state index < -0.39 is 5.41 Å². The highest BCUT2D eigenvalue weighted by atomic mass is 16.2. The predicted molar refractivity (Wildman–Crippen MR) is 76.7 cm³/mol. The third-order valence-electron chi connectivity index (χ3n) is 4.12. The van der Waals surface area contributed by atoms with Crippen LogP contribution in [0.5, 0.6) is 0 Å². The van der Waals surface area contributed by atoms with Gasteiger partial charge < -0.3 is 10.2 Å². The fourth-order valence-electron chi connectivity index (χ4n) is 2.73. The first-order valence-electron chi connectivity index (χ1n) is 7.57. The number of carbonyl (C=O) groups is 2. The summed E-state index contributed by atoms with van der Waals surface area (Å²) >= 11 is 0. The van der Waals surface area contributed by atoms with Crippen LogP contribution < -0.4 is 5.32 Å². The van der Waals surface area contributed by atoms with E-state index in [1.165, 1.54) is 0 Å². The normalized spacial score (nSPS) is 17.6. The third kappa shape index (κ3) is 3.96. The summed E-state index contributed by atoms with van der Waals surface area (Å²) < 4.78 is 0. The van der Waals surface area contributed by atoms with Gasteiger partial charge in [0.2, 0.25) is 11.8 Å². The van der Waals surface area contributed by atoms with Crippen LogP contribution in [0.1, 0.15) is 52.4 Å². The Morgan fingerprint density at radius 2 is 1.70 bits per heavy atom. The van der Waals surface area contributed by atoms with E-state index in [9.17, 15) is 14.9 Å². The molecule has 0 unspecified atom stereocenters. The molecule has 5 nitrogen and oxygen atoms in total. The summed E-state index contributed by atoms with van der Waals surface area (Å²) in [6, 6.07) is 2.20. The molecule has 0 bridgehead atoms. The summed E-state index contributed by atoms with van der Waals surface area (Å²) in [7, 11) is 0. The van der Waals surface area contributed by atoms with Gasteiger partial charge in [-0.3, -0.25) is 9.59 Å². The molecule has 1 aliphatic rings. The number of amides is 2. The SMILES string of the molecule is CCN(CC)C(=O)CNC(=O)C1(C#N)CCCCCC1. The molecule has 0 aromatic rings. The van der Waals surface area contributed by atoms with Gasteiger partial charge in [-0.05, 0) is 26.7 Å². The minimum absolute atomic E-state index is 0.00998. The first-order chi connectivity index (χ1) is 9.59. The van der Waals surface area contributed by atoms with E-state index in [0.717, 1.165) is 25.7 Å². The van der Waals surface area contributed by atoms with E-state index in [0.29, 0.717) is 25.9 Å². The van der Waals surface area contributed by atoms with Crippen molar-refractivity contribution in [2.24, 2.45) is 5.41 Å². The minimum Gasteiger partial charge on any atom is -0.346 e.